The van der Waals surface area contributed by atoms with Crippen molar-refractivity contribution in [2.75, 3.05) is 19.7 Å². The molecule has 0 spiro atoms. The second kappa shape index (κ2) is 7.10. The van der Waals surface area contributed by atoms with Crippen molar-refractivity contribution >= 4 is 5.91 Å². The second-order valence-electron chi connectivity index (χ2n) is 6.18. The van der Waals surface area contributed by atoms with Gasteiger partial charge in [-0.15, -0.1) is 0 Å². The Balaban J connectivity index is 2.31. The number of amides is 1. The van der Waals surface area contributed by atoms with Crippen LogP contribution < -0.4 is 5.32 Å². The van der Waals surface area contributed by atoms with E-state index >= 15 is 0 Å². The van der Waals surface area contributed by atoms with Gasteiger partial charge in [-0.3, -0.25) is 4.79 Å². The van der Waals surface area contributed by atoms with Gasteiger partial charge in [-0.1, -0.05) is 0 Å². The number of nitrogens with one attached hydrogen (secondary N) is 1. The van der Waals surface area contributed by atoms with Crippen LogP contribution in [0.2, 0.25) is 0 Å². The first-order chi connectivity index (χ1) is 8.44. The van der Waals surface area contributed by atoms with Crippen LogP contribution in [0.25, 0.3) is 0 Å². The summed E-state index contributed by atoms with van der Waals surface area (Å²) in [5, 5.41) is 12.2. The molecule has 1 aliphatic heterocycles. The fourth-order valence-corrected chi connectivity index (χ4v) is 2.48. The summed E-state index contributed by atoms with van der Waals surface area (Å²) in [4.78, 5) is 14.1. The van der Waals surface area contributed by atoms with Gasteiger partial charge in [-0.05, 0) is 46.5 Å². The molecule has 4 nitrogen and oxygen atoms in total. The Morgan fingerprint density at radius 3 is 2.78 bits per heavy atom. The van der Waals surface area contributed by atoms with Crippen molar-refractivity contribution in [2.24, 2.45) is 0 Å². The molecule has 0 aromatic carbocycles. The Morgan fingerprint density at radius 1 is 1.44 bits per heavy atom. The van der Waals surface area contributed by atoms with Crippen molar-refractivity contribution in [1.82, 2.24) is 10.2 Å². The minimum atomic E-state index is 0.0710. The van der Waals surface area contributed by atoms with Gasteiger partial charge in [0.15, 0.2) is 0 Å². The molecule has 1 atom stereocenters. The fourth-order valence-electron chi connectivity index (χ4n) is 2.48. The Hall–Kier alpha value is -0.610. The van der Waals surface area contributed by atoms with Crippen molar-refractivity contribution < 1.29 is 9.90 Å². The molecular weight excluding hydrogens is 228 g/mol. The summed E-state index contributed by atoms with van der Waals surface area (Å²) in [5.41, 5.74) is 0.0710. The van der Waals surface area contributed by atoms with Crippen molar-refractivity contribution in [3.8, 4) is 0 Å². The van der Waals surface area contributed by atoms with E-state index in [-0.39, 0.29) is 18.1 Å². The van der Waals surface area contributed by atoms with Crippen molar-refractivity contribution in [1.29, 1.82) is 0 Å². The molecule has 0 radical (unpaired) electrons. The van der Waals surface area contributed by atoms with Gasteiger partial charge in [-0.2, -0.15) is 0 Å². The normalized spacial score (nSPS) is 20.4. The predicted molar refractivity (Wildman–Crippen MR) is 73.4 cm³/mol. The van der Waals surface area contributed by atoms with Crippen LogP contribution in [0.15, 0.2) is 0 Å². The summed E-state index contributed by atoms with van der Waals surface area (Å²) in [6.07, 6.45) is 4.52. The van der Waals surface area contributed by atoms with E-state index in [9.17, 15) is 4.79 Å². The number of hydrogen-bond acceptors (Lipinski definition) is 3. The monoisotopic (exact) mass is 256 g/mol. The molecule has 1 heterocycles. The van der Waals surface area contributed by atoms with Crippen LogP contribution in [0.3, 0.4) is 0 Å². The van der Waals surface area contributed by atoms with E-state index in [1.165, 1.54) is 0 Å². The molecule has 2 N–H and O–H groups in total. The molecule has 0 saturated carbocycles. The first-order valence-corrected chi connectivity index (χ1v) is 7.09. The molecule has 106 valence electrons. The highest BCUT2D eigenvalue weighted by molar-refractivity contribution is 5.77. The van der Waals surface area contributed by atoms with Crippen molar-refractivity contribution in [3.63, 3.8) is 0 Å². The fraction of sp³-hybridized carbons (Fsp3) is 0.929. The van der Waals surface area contributed by atoms with Crippen molar-refractivity contribution in [3.05, 3.63) is 0 Å². The molecule has 4 heteroatoms. The molecular formula is C14H28N2O2. The third-order valence-electron chi connectivity index (χ3n) is 3.39. The Labute approximate surface area is 111 Å². The number of rotatable bonds is 6. The van der Waals surface area contributed by atoms with Crippen LogP contribution >= 0.6 is 0 Å². The highest BCUT2D eigenvalue weighted by atomic mass is 16.3. The molecule has 1 fully saturated rings. The van der Waals surface area contributed by atoms with E-state index in [1.54, 1.807) is 0 Å². The molecule has 1 aliphatic rings. The zero-order valence-electron chi connectivity index (χ0n) is 12.0. The van der Waals surface area contributed by atoms with Gasteiger partial charge in [0.2, 0.25) is 5.91 Å². The Bertz CT molecular complexity index is 261. The van der Waals surface area contributed by atoms with Gasteiger partial charge < -0.3 is 15.3 Å². The standard InChI is InChI=1S/C14H28N2O2/c1-14(2,3)15-9-8-13(18)16-10-4-6-12(16)7-5-11-17/h12,15,17H,4-11H2,1-3H3. The van der Waals surface area contributed by atoms with Gasteiger partial charge >= 0.3 is 0 Å². The molecule has 0 aromatic rings. The first-order valence-electron chi connectivity index (χ1n) is 7.09. The molecule has 0 bridgehead atoms. The Kier molecular flexibility index (Phi) is 6.09. The van der Waals surface area contributed by atoms with Gasteiger partial charge in [0.1, 0.15) is 0 Å². The maximum Gasteiger partial charge on any atom is 0.224 e. The van der Waals surface area contributed by atoms with E-state index in [0.29, 0.717) is 12.5 Å². The minimum Gasteiger partial charge on any atom is -0.396 e. The van der Waals surface area contributed by atoms with Crippen molar-refractivity contribution in [2.45, 2.75) is 64.5 Å². The zero-order valence-corrected chi connectivity index (χ0v) is 12.0. The number of nitrogens with zero attached hydrogens (tertiary/aromatic N) is 1. The maximum atomic E-state index is 12.1. The summed E-state index contributed by atoms with van der Waals surface area (Å²) >= 11 is 0. The second-order valence-corrected chi connectivity index (χ2v) is 6.18. The molecule has 0 aromatic heterocycles. The van der Waals surface area contributed by atoms with Gasteiger partial charge in [-0.25, -0.2) is 0 Å². The number of aliphatic hydroxyl groups is 1. The number of carbonyl (C=O) groups excluding carboxylic acids is 1. The number of likely N-dealkylation sites (tertiary alicyclic amines) is 1. The number of carbonyl (C=O) groups is 1. The van der Waals surface area contributed by atoms with Gasteiger partial charge in [0.25, 0.3) is 0 Å². The highest BCUT2D eigenvalue weighted by Crippen LogP contribution is 2.21. The molecule has 1 unspecified atom stereocenters. The lowest BCUT2D eigenvalue weighted by Crippen LogP contribution is -2.41. The van der Waals surface area contributed by atoms with Crippen LogP contribution in [0.4, 0.5) is 0 Å². The third-order valence-corrected chi connectivity index (χ3v) is 3.39. The lowest BCUT2D eigenvalue weighted by Gasteiger charge is -2.26. The summed E-state index contributed by atoms with van der Waals surface area (Å²) in [6.45, 7) is 8.19. The van der Waals surface area contributed by atoms with Crippen LogP contribution in [0.5, 0.6) is 0 Å². The van der Waals surface area contributed by atoms with E-state index in [0.717, 1.165) is 38.8 Å². The quantitative estimate of drug-likeness (QED) is 0.758. The molecule has 1 saturated heterocycles. The lowest BCUT2D eigenvalue weighted by molar-refractivity contribution is -0.132. The van der Waals surface area contributed by atoms with Crippen LogP contribution in [0, 0.1) is 0 Å². The first kappa shape index (κ1) is 15.4. The summed E-state index contributed by atoms with van der Waals surface area (Å²) in [6, 6.07) is 0.360. The average molecular weight is 256 g/mol. The minimum absolute atomic E-state index is 0.0710. The zero-order chi connectivity index (χ0) is 13.6. The lowest BCUT2D eigenvalue weighted by atomic mass is 10.1. The molecule has 1 amide bonds. The van der Waals surface area contributed by atoms with E-state index in [2.05, 4.69) is 26.1 Å². The Morgan fingerprint density at radius 2 is 2.17 bits per heavy atom. The number of aliphatic hydroxyl groups excluding tert-OH is 1. The summed E-state index contributed by atoms with van der Waals surface area (Å²) in [7, 11) is 0. The predicted octanol–water partition coefficient (Wildman–Crippen LogP) is 1.53. The van der Waals surface area contributed by atoms with Crippen LogP contribution in [-0.4, -0.2) is 47.2 Å². The maximum absolute atomic E-state index is 12.1. The van der Waals surface area contributed by atoms with E-state index < -0.39 is 0 Å². The molecule has 18 heavy (non-hydrogen) atoms. The largest absolute Gasteiger partial charge is 0.396 e. The van der Waals surface area contributed by atoms with Crippen LogP contribution in [-0.2, 0) is 4.79 Å². The summed E-state index contributed by atoms with van der Waals surface area (Å²) in [5.74, 6) is 0.257. The third kappa shape index (κ3) is 5.36. The van der Waals surface area contributed by atoms with E-state index in [1.807, 2.05) is 4.90 Å². The highest BCUT2D eigenvalue weighted by Gasteiger charge is 2.27. The van der Waals surface area contributed by atoms with Gasteiger partial charge in [0.05, 0.1) is 0 Å². The summed E-state index contributed by atoms with van der Waals surface area (Å²) < 4.78 is 0. The topological polar surface area (TPSA) is 52.6 Å². The smallest absolute Gasteiger partial charge is 0.224 e. The SMILES string of the molecule is CC(C)(C)NCCC(=O)N1CCCC1CCCO. The van der Waals surface area contributed by atoms with Crippen LogP contribution in [0.1, 0.15) is 52.9 Å². The molecule has 0 aliphatic carbocycles. The van der Waals surface area contributed by atoms with Gasteiger partial charge in [0, 0.05) is 37.7 Å². The van der Waals surface area contributed by atoms with E-state index in [4.69, 9.17) is 5.11 Å². The molecule has 1 rings (SSSR count). The average Bonchev–Trinajstić information content (AvgIpc) is 2.72. The number of hydrogen-bond donors (Lipinski definition) is 2.